The summed E-state index contributed by atoms with van der Waals surface area (Å²) in [6, 6.07) is 0. The highest BCUT2D eigenvalue weighted by Crippen LogP contribution is 2.49. The highest BCUT2D eigenvalue weighted by molar-refractivity contribution is 5.13. The van der Waals surface area contributed by atoms with Crippen LogP contribution < -0.4 is 0 Å². The van der Waals surface area contributed by atoms with Crippen LogP contribution >= 0.6 is 0 Å². The first kappa shape index (κ1) is 12.2. The van der Waals surface area contributed by atoms with Gasteiger partial charge in [-0.2, -0.15) is 0 Å². The lowest BCUT2D eigenvalue weighted by molar-refractivity contribution is -0.0807. The summed E-state index contributed by atoms with van der Waals surface area (Å²) in [6.07, 6.45) is 7.01. The molecule has 0 aromatic heterocycles. The van der Waals surface area contributed by atoms with Gasteiger partial charge in [-0.05, 0) is 63.2 Å². The summed E-state index contributed by atoms with van der Waals surface area (Å²) in [5.41, 5.74) is 1.11. The van der Waals surface area contributed by atoms with Crippen LogP contribution in [0, 0.1) is 23.7 Å². The molecule has 1 fully saturated rings. The van der Waals surface area contributed by atoms with Gasteiger partial charge in [-0.15, -0.1) is 0 Å². The van der Waals surface area contributed by atoms with Crippen molar-refractivity contribution in [3.63, 3.8) is 0 Å². The summed E-state index contributed by atoms with van der Waals surface area (Å²) in [4.78, 5) is 0. The molecule has 1 nitrogen and oxygen atoms in total. The number of aliphatic hydroxyl groups is 1. The molecule has 0 spiro atoms. The third kappa shape index (κ3) is 2.07. The lowest BCUT2D eigenvalue weighted by Gasteiger charge is -2.49. The van der Waals surface area contributed by atoms with Crippen LogP contribution in [0.4, 0.5) is 0 Å². The molecule has 0 aliphatic heterocycles. The van der Waals surface area contributed by atoms with Crippen LogP contribution in [0.15, 0.2) is 11.6 Å². The summed E-state index contributed by atoms with van der Waals surface area (Å²) in [5.74, 6) is 2.64. The van der Waals surface area contributed by atoms with E-state index in [2.05, 4.69) is 33.8 Å². The Balaban J connectivity index is 2.27. The van der Waals surface area contributed by atoms with Gasteiger partial charge in [0.05, 0.1) is 5.60 Å². The van der Waals surface area contributed by atoms with Gasteiger partial charge in [-0.1, -0.05) is 25.5 Å². The predicted molar refractivity (Wildman–Crippen MR) is 68.2 cm³/mol. The smallest absolute Gasteiger partial charge is 0.0653 e. The van der Waals surface area contributed by atoms with Gasteiger partial charge in [0.25, 0.3) is 0 Å². The van der Waals surface area contributed by atoms with E-state index in [1.807, 2.05) is 0 Å². The Bertz CT molecular complexity index is 288. The standard InChI is InChI=1S/C15H26O/c1-10(2)12-7-8-15(4,16)14-6-5-11(3)9-13(12)14/h9-10,12-14,16H,5-8H2,1-4H3/t12-,13?,14?,15?/m1/s1. The second-order valence-electron chi connectivity index (χ2n) is 6.54. The first-order chi connectivity index (χ1) is 7.42. The SMILES string of the molecule is CC1=CC2C(CC1)C(C)(O)CC[C@@H]2C(C)C. The largest absolute Gasteiger partial charge is 0.390 e. The van der Waals surface area contributed by atoms with Crippen LogP contribution in [0.2, 0.25) is 0 Å². The molecule has 2 aliphatic carbocycles. The number of allylic oxidation sites excluding steroid dienone is 2. The summed E-state index contributed by atoms with van der Waals surface area (Å²) in [5, 5.41) is 10.5. The van der Waals surface area contributed by atoms with E-state index in [1.165, 1.54) is 24.8 Å². The maximum Gasteiger partial charge on any atom is 0.0653 e. The van der Waals surface area contributed by atoms with Crippen molar-refractivity contribution in [3.05, 3.63) is 11.6 Å². The van der Waals surface area contributed by atoms with Gasteiger partial charge in [0.15, 0.2) is 0 Å². The first-order valence-corrected chi connectivity index (χ1v) is 6.81. The van der Waals surface area contributed by atoms with Crippen molar-refractivity contribution in [2.24, 2.45) is 23.7 Å². The average molecular weight is 222 g/mol. The summed E-state index contributed by atoms with van der Waals surface area (Å²) >= 11 is 0. The molecule has 1 N–H and O–H groups in total. The Morgan fingerprint density at radius 3 is 2.69 bits per heavy atom. The topological polar surface area (TPSA) is 20.2 Å². The molecule has 2 aliphatic rings. The molecular formula is C15H26O. The third-order valence-electron chi connectivity index (χ3n) is 4.92. The molecule has 92 valence electrons. The lowest BCUT2D eigenvalue weighted by atomic mass is 9.58. The van der Waals surface area contributed by atoms with Crippen molar-refractivity contribution >= 4 is 0 Å². The fourth-order valence-corrected chi connectivity index (χ4v) is 3.87. The molecule has 16 heavy (non-hydrogen) atoms. The number of hydrogen-bond donors (Lipinski definition) is 1. The van der Waals surface area contributed by atoms with Crippen molar-refractivity contribution < 1.29 is 5.11 Å². The summed E-state index contributed by atoms with van der Waals surface area (Å²) in [6.45, 7) is 8.96. The van der Waals surface area contributed by atoms with Crippen molar-refractivity contribution in [2.45, 2.75) is 59.0 Å². The molecule has 0 saturated heterocycles. The number of rotatable bonds is 1. The van der Waals surface area contributed by atoms with Crippen LogP contribution in [0.1, 0.15) is 53.4 Å². The summed E-state index contributed by atoms with van der Waals surface area (Å²) < 4.78 is 0. The van der Waals surface area contributed by atoms with Gasteiger partial charge >= 0.3 is 0 Å². The Labute approximate surface area is 99.9 Å². The van der Waals surface area contributed by atoms with Crippen molar-refractivity contribution in [1.82, 2.24) is 0 Å². The Hall–Kier alpha value is -0.300. The van der Waals surface area contributed by atoms with Gasteiger partial charge in [0, 0.05) is 0 Å². The number of hydrogen-bond acceptors (Lipinski definition) is 1. The van der Waals surface area contributed by atoms with Crippen molar-refractivity contribution in [2.75, 3.05) is 0 Å². The minimum absolute atomic E-state index is 0.423. The molecule has 0 bridgehead atoms. The highest BCUT2D eigenvalue weighted by Gasteiger charge is 2.46. The minimum Gasteiger partial charge on any atom is -0.390 e. The van der Waals surface area contributed by atoms with Crippen LogP contribution in [0.25, 0.3) is 0 Å². The van der Waals surface area contributed by atoms with E-state index in [9.17, 15) is 5.11 Å². The quantitative estimate of drug-likeness (QED) is 0.669. The Morgan fingerprint density at radius 1 is 1.38 bits per heavy atom. The predicted octanol–water partition coefficient (Wildman–Crippen LogP) is 3.78. The van der Waals surface area contributed by atoms with Gasteiger partial charge < -0.3 is 5.11 Å². The zero-order chi connectivity index (χ0) is 11.9. The Morgan fingerprint density at radius 2 is 2.06 bits per heavy atom. The van der Waals surface area contributed by atoms with Crippen LogP contribution in [0.3, 0.4) is 0 Å². The van der Waals surface area contributed by atoms with E-state index in [-0.39, 0.29) is 0 Å². The van der Waals surface area contributed by atoms with Crippen molar-refractivity contribution in [1.29, 1.82) is 0 Å². The van der Waals surface area contributed by atoms with E-state index in [4.69, 9.17) is 0 Å². The zero-order valence-corrected chi connectivity index (χ0v) is 11.2. The molecule has 3 unspecified atom stereocenters. The van der Waals surface area contributed by atoms with Gasteiger partial charge in [-0.3, -0.25) is 0 Å². The lowest BCUT2D eigenvalue weighted by Crippen LogP contribution is -2.48. The van der Waals surface area contributed by atoms with Crippen LogP contribution in [-0.4, -0.2) is 10.7 Å². The minimum atomic E-state index is -0.423. The van der Waals surface area contributed by atoms with Crippen LogP contribution in [-0.2, 0) is 0 Å². The molecule has 0 aromatic carbocycles. The molecular weight excluding hydrogens is 196 g/mol. The molecule has 1 saturated carbocycles. The second-order valence-corrected chi connectivity index (χ2v) is 6.54. The average Bonchev–Trinajstić information content (AvgIpc) is 2.16. The van der Waals surface area contributed by atoms with Crippen LogP contribution in [0.5, 0.6) is 0 Å². The zero-order valence-electron chi connectivity index (χ0n) is 11.2. The molecule has 0 radical (unpaired) electrons. The normalized spacial score (nSPS) is 44.1. The molecule has 1 heteroatoms. The van der Waals surface area contributed by atoms with E-state index in [0.717, 1.165) is 18.3 Å². The number of fused-ring (bicyclic) bond motifs is 1. The van der Waals surface area contributed by atoms with E-state index < -0.39 is 5.60 Å². The van der Waals surface area contributed by atoms with Gasteiger partial charge in [0.1, 0.15) is 0 Å². The Kier molecular flexibility index (Phi) is 3.18. The van der Waals surface area contributed by atoms with Crippen molar-refractivity contribution in [3.8, 4) is 0 Å². The maximum absolute atomic E-state index is 10.5. The third-order valence-corrected chi connectivity index (χ3v) is 4.92. The second kappa shape index (κ2) is 4.18. The highest BCUT2D eigenvalue weighted by atomic mass is 16.3. The fourth-order valence-electron chi connectivity index (χ4n) is 3.87. The maximum atomic E-state index is 10.5. The van der Waals surface area contributed by atoms with E-state index in [1.54, 1.807) is 0 Å². The van der Waals surface area contributed by atoms with E-state index >= 15 is 0 Å². The monoisotopic (exact) mass is 222 g/mol. The van der Waals surface area contributed by atoms with E-state index in [0.29, 0.717) is 11.8 Å². The molecule has 2 rings (SSSR count). The summed E-state index contributed by atoms with van der Waals surface area (Å²) in [7, 11) is 0. The molecule has 4 atom stereocenters. The first-order valence-electron chi connectivity index (χ1n) is 6.81. The van der Waals surface area contributed by atoms with Gasteiger partial charge in [0.2, 0.25) is 0 Å². The molecule has 0 heterocycles. The van der Waals surface area contributed by atoms with Gasteiger partial charge in [-0.25, -0.2) is 0 Å². The fraction of sp³-hybridized carbons (Fsp3) is 0.867. The molecule has 0 amide bonds. The molecule has 0 aromatic rings.